The Hall–Kier alpha value is -3.39. The zero-order valence-electron chi connectivity index (χ0n) is 19.0. The largest absolute Gasteiger partial charge is 0.480 e. The van der Waals surface area contributed by atoms with Crippen molar-refractivity contribution in [3.63, 3.8) is 0 Å². The van der Waals surface area contributed by atoms with E-state index in [9.17, 15) is 21.6 Å². The fraction of sp³-hybridized carbons (Fsp3) is 0.375. The Balaban J connectivity index is 1.61. The molecule has 0 saturated carbocycles. The third kappa shape index (κ3) is 6.19. The molecule has 1 saturated heterocycles. The van der Waals surface area contributed by atoms with Crippen LogP contribution in [-0.2, 0) is 16.4 Å². The molecule has 7 nitrogen and oxygen atoms in total. The zero-order valence-corrected chi connectivity index (χ0v) is 19.8. The highest BCUT2D eigenvalue weighted by Crippen LogP contribution is 2.31. The van der Waals surface area contributed by atoms with Gasteiger partial charge in [-0.2, -0.15) is 13.2 Å². The van der Waals surface area contributed by atoms with Crippen LogP contribution in [0.2, 0.25) is 0 Å². The first kappa shape index (κ1) is 24.7. The third-order valence-corrected chi connectivity index (χ3v) is 7.46. The second-order valence-corrected chi connectivity index (χ2v) is 10.6. The normalized spacial score (nSPS) is 15.9. The Labute approximate surface area is 201 Å². The molecule has 186 valence electrons. The second kappa shape index (κ2) is 10.1. The second-order valence-electron chi connectivity index (χ2n) is 8.26. The Morgan fingerprint density at radius 3 is 2.63 bits per heavy atom. The van der Waals surface area contributed by atoms with Crippen molar-refractivity contribution in [3.05, 3.63) is 48.3 Å². The van der Waals surface area contributed by atoms with Gasteiger partial charge in [0.2, 0.25) is 5.88 Å². The number of fused-ring (bicyclic) bond motifs is 1. The van der Waals surface area contributed by atoms with E-state index in [1.54, 1.807) is 42.6 Å². The summed E-state index contributed by atoms with van der Waals surface area (Å²) in [5, 5.41) is 6.99. The summed E-state index contributed by atoms with van der Waals surface area (Å²) in [5.41, 5.74) is 1.93. The number of alkyl halides is 3. The third-order valence-electron chi connectivity index (χ3n) is 5.75. The molecule has 0 spiro atoms. The summed E-state index contributed by atoms with van der Waals surface area (Å²) < 4.78 is 69.9. The van der Waals surface area contributed by atoms with Crippen molar-refractivity contribution in [2.24, 2.45) is 0 Å². The lowest BCUT2D eigenvalue weighted by molar-refractivity contribution is -0.140. The average Bonchev–Trinajstić information content (AvgIpc) is 3.15. The van der Waals surface area contributed by atoms with Gasteiger partial charge in [-0.15, -0.1) is 0 Å². The number of benzene rings is 1. The first-order valence-corrected chi connectivity index (χ1v) is 12.8. The van der Waals surface area contributed by atoms with Crippen LogP contribution in [0, 0.1) is 11.8 Å². The van der Waals surface area contributed by atoms with E-state index < -0.39 is 22.6 Å². The summed E-state index contributed by atoms with van der Waals surface area (Å²) in [5.74, 6) is 6.33. The molecule has 4 rings (SSSR count). The van der Waals surface area contributed by atoms with Gasteiger partial charge in [-0.1, -0.05) is 12.0 Å². The number of nitrogens with one attached hydrogen (secondary N) is 2. The molecule has 2 aromatic heterocycles. The number of ether oxygens (including phenoxy) is 1. The standard InChI is InChI=1S/C24H25F3N4O3S/c1-34-23-21(7-4-12-29-23)28-11-3-5-18-15-19-20(30-17-9-13-35(32,33)14-10-17)6-2-8-22(19)31(18)16-24(25,26)27/h2,4,6-8,12,15,17,28,30H,9-11,13-14,16H2,1H3. The van der Waals surface area contributed by atoms with E-state index >= 15 is 0 Å². The first-order valence-electron chi connectivity index (χ1n) is 11.0. The van der Waals surface area contributed by atoms with Crippen LogP contribution < -0.4 is 15.4 Å². The lowest BCUT2D eigenvalue weighted by atomic mass is 10.1. The minimum Gasteiger partial charge on any atom is -0.480 e. The van der Waals surface area contributed by atoms with Gasteiger partial charge in [-0.3, -0.25) is 0 Å². The Kier molecular flexibility index (Phi) is 7.12. The van der Waals surface area contributed by atoms with Crippen LogP contribution in [0.5, 0.6) is 5.88 Å². The predicted octanol–water partition coefficient (Wildman–Crippen LogP) is 4.06. The lowest BCUT2D eigenvalue weighted by Gasteiger charge is -2.24. The number of sulfone groups is 1. The van der Waals surface area contributed by atoms with Crippen LogP contribution in [0.15, 0.2) is 42.6 Å². The van der Waals surface area contributed by atoms with Crippen LogP contribution >= 0.6 is 0 Å². The van der Waals surface area contributed by atoms with Gasteiger partial charge in [-0.05, 0) is 49.1 Å². The van der Waals surface area contributed by atoms with Crippen molar-refractivity contribution in [1.82, 2.24) is 9.55 Å². The molecule has 1 aliphatic heterocycles. The van der Waals surface area contributed by atoms with Crippen LogP contribution in [0.3, 0.4) is 0 Å². The number of methoxy groups -OCH3 is 1. The van der Waals surface area contributed by atoms with Crippen molar-refractivity contribution in [2.75, 3.05) is 35.8 Å². The molecule has 0 aliphatic carbocycles. The summed E-state index contributed by atoms with van der Waals surface area (Å²) in [6.45, 7) is -0.993. The van der Waals surface area contributed by atoms with E-state index in [-0.39, 0.29) is 29.8 Å². The molecule has 1 fully saturated rings. The van der Waals surface area contributed by atoms with Gasteiger partial charge in [0.15, 0.2) is 0 Å². The van der Waals surface area contributed by atoms with Crippen LogP contribution in [0.4, 0.5) is 24.5 Å². The van der Waals surface area contributed by atoms with E-state index in [2.05, 4.69) is 27.5 Å². The quantitative estimate of drug-likeness (QED) is 0.491. The van der Waals surface area contributed by atoms with E-state index in [1.165, 1.54) is 7.11 Å². The van der Waals surface area contributed by atoms with Crippen molar-refractivity contribution >= 4 is 32.1 Å². The van der Waals surface area contributed by atoms with Crippen molar-refractivity contribution in [1.29, 1.82) is 0 Å². The minimum absolute atomic E-state index is 0.0664. The molecule has 2 N–H and O–H groups in total. The molecular weight excluding hydrogens is 481 g/mol. The number of hydrogen-bond acceptors (Lipinski definition) is 6. The molecule has 0 unspecified atom stereocenters. The summed E-state index contributed by atoms with van der Waals surface area (Å²) in [7, 11) is -1.52. The summed E-state index contributed by atoms with van der Waals surface area (Å²) in [6.07, 6.45) is -1.93. The topological polar surface area (TPSA) is 85.2 Å². The molecule has 3 aromatic rings. The van der Waals surface area contributed by atoms with Crippen molar-refractivity contribution in [3.8, 4) is 17.7 Å². The molecule has 0 bridgehead atoms. The lowest BCUT2D eigenvalue weighted by Crippen LogP contribution is -2.32. The first-order chi connectivity index (χ1) is 16.6. The highest BCUT2D eigenvalue weighted by molar-refractivity contribution is 7.91. The molecule has 0 amide bonds. The molecule has 0 radical (unpaired) electrons. The number of hydrogen-bond donors (Lipinski definition) is 2. The molecule has 3 heterocycles. The Morgan fingerprint density at radius 1 is 1.17 bits per heavy atom. The maximum Gasteiger partial charge on any atom is 0.406 e. The number of anilines is 2. The van der Waals surface area contributed by atoms with E-state index in [4.69, 9.17) is 4.74 Å². The van der Waals surface area contributed by atoms with Gasteiger partial charge < -0.3 is 19.9 Å². The molecule has 1 aromatic carbocycles. The number of halogens is 3. The summed E-state index contributed by atoms with van der Waals surface area (Å²) in [6, 6.07) is 10.2. The maximum absolute atomic E-state index is 13.4. The van der Waals surface area contributed by atoms with Gasteiger partial charge in [-0.25, -0.2) is 13.4 Å². The smallest absolute Gasteiger partial charge is 0.406 e. The Morgan fingerprint density at radius 2 is 1.91 bits per heavy atom. The van der Waals surface area contributed by atoms with Gasteiger partial charge in [0.1, 0.15) is 16.4 Å². The van der Waals surface area contributed by atoms with Gasteiger partial charge in [0.25, 0.3) is 0 Å². The number of aromatic nitrogens is 2. The monoisotopic (exact) mass is 506 g/mol. The van der Waals surface area contributed by atoms with Gasteiger partial charge in [0.05, 0.1) is 42.1 Å². The average molecular weight is 507 g/mol. The highest BCUT2D eigenvalue weighted by atomic mass is 32.2. The minimum atomic E-state index is -4.43. The zero-order chi connectivity index (χ0) is 25.1. The van der Waals surface area contributed by atoms with E-state index in [0.717, 1.165) is 4.57 Å². The fourth-order valence-electron chi connectivity index (χ4n) is 4.08. The predicted molar refractivity (Wildman–Crippen MR) is 129 cm³/mol. The number of nitrogens with zero attached hydrogens (tertiary/aromatic N) is 2. The van der Waals surface area contributed by atoms with Crippen molar-refractivity contribution < 1.29 is 26.3 Å². The van der Waals surface area contributed by atoms with Crippen LogP contribution in [0.1, 0.15) is 18.5 Å². The Bertz CT molecular complexity index is 1360. The van der Waals surface area contributed by atoms with E-state index in [0.29, 0.717) is 41.0 Å². The van der Waals surface area contributed by atoms with Crippen LogP contribution in [0.25, 0.3) is 10.9 Å². The number of pyridine rings is 1. The summed E-state index contributed by atoms with van der Waals surface area (Å²) in [4.78, 5) is 4.08. The van der Waals surface area contributed by atoms with Gasteiger partial charge in [0, 0.05) is 23.3 Å². The van der Waals surface area contributed by atoms with Gasteiger partial charge >= 0.3 is 6.18 Å². The molecule has 35 heavy (non-hydrogen) atoms. The van der Waals surface area contributed by atoms with Crippen LogP contribution in [-0.4, -0.2) is 55.3 Å². The maximum atomic E-state index is 13.4. The SMILES string of the molecule is COc1ncccc1NCC#Cc1cc2c(NC3CCS(=O)(=O)CC3)cccc2n1CC(F)(F)F. The fourth-order valence-corrected chi connectivity index (χ4v) is 5.57. The molecule has 1 aliphatic rings. The highest BCUT2D eigenvalue weighted by Gasteiger charge is 2.30. The number of rotatable bonds is 6. The molecule has 11 heteroatoms. The summed E-state index contributed by atoms with van der Waals surface area (Å²) >= 11 is 0. The van der Waals surface area contributed by atoms with Crippen molar-refractivity contribution in [2.45, 2.75) is 31.6 Å². The van der Waals surface area contributed by atoms with E-state index in [1.807, 2.05) is 0 Å². The molecule has 0 atom stereocenters. The molecular formula is C24H25F3N4O3S.